The first kappa shape index (κ1) is 24.4. The quantitative estimate of drug-likeness (QED) is 0.340. The Balaban J connectivity index is 1.21. The molecule has 0 unspecified atom stereocenters. The molecule has 8 nitrogen and oxygen atoms in total. The van der Waals surface area contributed by atoms with Gasteiger partial charge < -0.3 is 14.7 Å². The van der Waals surface area contributed by atoms with E-state index in [1.807, 2.05) is 29.9 Å². The van der Waals surface area contributed by atoms with E-state index in [0.29, 0.717) is 24.0 Å². The van der Waals surface area contributed by atoms with Gasteiger partial charge in [-0.3, -0.25) is 4.68 Å². The van der Waals surface area contributed by atoms with Crippen molar-refractivity contribution < 1.29 is 4.52 Å². The Kier molecular flexibility index (Phi) is 7.02. The SMILES string of the molecule is Cc1cc(-c2nc(-c3ccc([Si](C)(C)C)cc3)no2)nn1Cc1ccc(NCCN2CCCC2)nc1. The number of likely N-dealkylation sites (tertiary alicyclic amines) is 1. The lowest BCUT2D eigenvalue weighted by molar-refractivity contribution is 0.352. The van der Waals surface area contributed by atoms with Crippen LogP contribution in [0.3, 0.4) is 0 Å². The number of aryl methyl sites for hydroxylation is 1. The Labute approximate surface area is 213 Å². The number of hydrogen-bond donors (Lipinski definition) is 1. The summed E-state index contributed by atoms with van der Waals surface area (Å²) in [4.78, 5) is 11.7. The summed E-state index contributed by atoms with van der Waals surface area (Å²) in [6, 6.07) is 14.6. The zero-order valence-corrected chi connectivity index (χ0v) is 22.7. The molecule has 9 heteroatoms. The predicted octanol–water partition coefficient (Wildman–Crippen LogP) is 4.40. The summed E-state index contributed by atoms with van der Waals surface area (Å²) >= 11 is 0. The molecule has 0 bridgehead atoms. The molecule has 0 aliphatic carbocycles. The maximum absolute atomic E-state index is 5.56. The zero-order valence-electron chi connectivity index (χ0n) is 21.7. The van der Waals surface area contributed by atoms with Gasteiger partial charge in [0.1, 0.15) is 5.82 Å². The highest BCUT2D eigenvalue weighted by atomic mass is 28.3. The van der Waals surface area contributed by atoms with Crippen LogP contribution in [0.25, 0.3) is 23.0 Å². The summed E-state index contributed by atoms with van der Waals surface area (Å²) in [6.45, 7) is 14.1. The Morgan fingerprint density at radius 3 is 2.50 bits per heavy atom. The summed E-state index contributed by atoms with van der Waals surface area (Å²) in [5, 5.41) is 13.7. The molecule has 0 radical (unpaired) electrons. The van der Waals surface area contributed by atoms with Crippen molar-refractivity contribution >= 4 is 19.1 Å². The van der Waals surface area contributed by atoms with Gasteiger partial charge in [-0.25, -0.2) is 4.98 Å². The van der Waals surface area contributed by atoms with Crippen molar-refractivity contribution in [3.63, 3.8) is 0 Å². The molecule has 0 saturated carbocycles. The van der Waals surface area contributed by atoms with E-state index in [9.17, 15) is 0 Å². The van der Waals surface area contributed by atoms with Crippen molar-refractivity contribution in [2.24, 2.45) is 0 Å². The number of rotatable bonds is 9. The highest BCUT2D eigenvalue weighted by molar-refractivity contribution is 6.88. The molecule has 0 spiro atoms. The first-order valence-corrected chi connectivity index (χ1v) is 16.3. The van der Waals surface area contributed by atoms with Crippen LogP contribution in [0.15, 0.2) is 53.2 Å². The lowest BCUT2D eigenvalue weighted by atomic mass is 10.2. The Morgan fingerprint density at radius 2 is 1.81 bits per heavy atom. The van der Waals surface area contributed by atoms with Crippen LogP contribution in [0.4, 0.5) is 5.82 Å². The predicted molar refractivity (Wildman–Crippen MR) is 146 cm³/mol. The molecule has 36 heavy (non-hydrogen) atoms. The molecular weight excluding hydrogens is 466 g/mol. The van der Waals surface area contributed by atoms with Gasteiger partial charge in [-0.05, 0) is 50.6 Å². The van der Waals surface area contributed by atoms with Crippen LogP contribution in [0.5, 0.6) is 0 Å². The second-order valence-electron chi connectivity index (χ2n) is 10.6. The highest BCUT2D eigenvalue weighted by Gasteiger charge is 2.18. The molecule has 1 N–H and O–H groups in total. The number of nitrogens with one attached hydrogen (secondary N) is 1. The van der Waals surface area contributed by atoms with Crippen molar-refractivity contribution in [1.82, 2.24) is 29.8 Å². The van der Waals surface area contributed by atoms with Gasteiger partial charge in [0, 0.05) is 30.5 Å². The van der Waals surface area contributed by atoms with Gasteiger partial charge in [0.05, 0.1) is 14.6 Å². The van der Waals surface area contributed by atoms with E-state index in [1.54, 1.807) is 0 Å². The number of benzene rings is 1. The molecule has 1 aliphatic heterocycles. The van der Waals surface area contributed by atoms with E-state index in [4.69, 9.17) is 9.62 Å². The zero-order chi connectivity index (χ0) is 25.1. The fraction of sp³-hybridized carbons (Fsp3) is 0.407. The summed E-state index contributed by atoms with van der Waals surface area (Å²) in [7, 11) is -1.34. The van der Waals surface area contributed by atoms with Gasteiger partial charge in [0.15, 0.2) is 5.69 Å². The standard InChI is InChI=1S/C27H35N7OSi/c1-20-17-24(27-30-26(32-35-27)22-8-10-23(11-9-22)36(2,3)4)31-34(20)19-21-7-12-25(29-18-21)28-13-16-33-14-5-6-15-33/h7-12,17-18H,5-6,13-16,19H2,1-4H3,(H,28,29). The largest absolute Gasteiger partial charge is 0.369 e. The summed E-state index contributed by atoms with van der Waals surface area (Å²) in [5.41, 5.74) is 3.74. The fourth-order valence-corrected chi connectivity index (χ4v) is 5.65. The van der Waals surface area contributed by atoms with E-state index in [1.165, 1.54) is 31.1 Å². The molecule has 3 aromatic heterocycles. The van der Waals surface area contributed by atoms with Gasteiger partial charge in [-0.2, -0.15) is 10.1 Å². The van der Waals surface area contributed by atoms with Crippen molar-refractivity contribution in [3.05, 3.63) is 59.9 Å². The van der Waals surface area contributed by atoms with E-state index in [2.05, 4.69) is 75.3 Å². The molecule has 1 aromatic carbocycles. The Morgan fingerprint density at radius 1 is 1.03 bits per heavy atom. The van der Waals surface area contributed by atoms with Crippen LogP contribution in [0.2, 0.25) is 19.6 Å². The molecule has 4 aromatic rings. The van der Waals surface area contributed by atoms with Gasteiger partial charge in [0.25, 0.3) is 5.89 Å². The number of nitrogens with zero attached hydrogens (tertiary/aromatic N) is 6. The highest BCUT2D eigenvalue weighted by Crippen LogP contribution is 2.22. The topological polar surface area (TPSA) is 84.9 Å². The molecular formula is C27H35N7OSi. The monoisotopic (exact) mass is 501 g/mol. The smallest absolute Gasteiger partial charge is 0.278 e. The maximum Gasteiger partial charge on any atom is 0.278 e. The van der Waals surface area contributed by atoms with E-state index >= 15 is 0 Å². The Bertz CT molecular complexity index is 1280. The molecule has 0 amide bonds. The normalized spacial score (nSPS) is 14.4. The lowest BCUT2D eigenvalue weighted by Gasteiger charge is -2.16. The third-order valence-electron chi connectivity index (χ3n) is 6.73. The minimum absolute atomic E-state index is 0.428. The maximum atomic E-state index is 5.56. The van der Waals surface area contributed by atoms with Gasteiger partial charge in [-0.15, -0.1) is 0 Å². The third kappa shape index (κ3) is 5.74. The van der Waals surface area contributed by atoms with Crippen LogP contribution in [-0.4, -0.2) is 64.1 Å². The average molecular weight is 502 g/mol. The van der Waals surface area contributed by atoms with Gasteiger partial charge >= 0.3 is 0 Å². The van der Waals surface area contributed by atoms with Crippen LogP contribution in [-0.2, 0) is 6.54 Å². The molecule has 5 rings (SSSR count). The average Bonchev–Trinajstić information content (AvgIpc) is 3.62. The summed E-state index contributed by atoms with van der Waals surface area (Å²) in [6.07, 6.45) is 4.55. The van der Waals surface area contributed by atoms with Crippen LogP contribution >= 0.6 is 0 Å². The number of aromatic nitrogens is 5. The molecule has 1 aliphatic rings. The van der Waals surface area contributed by atoms with Crippen molar-refractivity contribution in [2.75, 3.05) is 31.5 Å². The minimum atomic E-state index is -1.34. The summed E-state index contributed by atoms with van der Waals surface area (Å²) in [5.74, 6) is 1.92. The number of hydrogen-bond acceptors (Lipinski definition) is 7. The lowest BCUT2D eigenvalue weighted by Crippen LogP contribution is -2.37. The Hall–Kier alpha value is -3.30. The molecule has 4 heterocycles. The molecule has 0 atom stereocenters. The minimum Gasteiger partial charge on any atom is -0.369 e. The molecule has 188 valence electrons. The first-order chi connectivity index (χ1) is 17.3. The van der Waals surface area contributed by atoms with E-state index in [0.717, 1.165) is 35.7 Å². The molecule has 1 fully saturated rings. The second-order valence-corrected chi connectivity index (χ2v) is 15.7. The second kappa shape index (κ2) is 10.4. The molecule has 1 saturated heterocycles. The number of anilines is 1. The number of pyridine rings is 1. The van der Waals surface area contributed by atoms with Crippen LogP contribution < -0.4 is 10.5 Å². The van der Waals surface area contributed by atoms with Gasteiger partial charge in [-0.1, -0.05) is 60.3 Å². The first-order valence-electron chi connectivity index (χ1n) is 12.8. The van der Waals surface area contributed by atoms with Crippen molar-refractivity contribution in [1.29, 1.82) is 0 Å². The van der Waals surface area contributed by atoms with E-state index < -0.39 is 8.07 Å². The van der Waals surface area contributed by atoms with Crippen LogP contribution in [0.1, 0.15) is 24.1 Å². The third-order valence-corrected chi connectivity index (χ3v) is 8.79. The summed E-state index contributed by atoms with van der Waals surface area (Å²) < 4.78 is 7.50. The van der Waals surface area contributed by atoms with Gasteiger partial charge in [0.2, 0.25) is 5.82 Å². The van der Waals surface area contributed by atoms with Crippen LogP contribution in [0, 0.1) is 6.92 Å². The fourth-order valence-electron chi connectivity index (χ4n) is 4.48. The van der Waals surface area contributed by atoms with Crippen molar-refractivity contribution in [2.45, 2.75) is 46.0 Å². The van der Waals surface area contributed by atoms with Crippen molar-refractivity contribution in [3.8, 4) is 23.0 Å². The van der Waals surface area contributed by atoms with E-state index in [-0.39, 0.29) is 0 Å².